The second-order valence-corrected chi connectivity index (χ2v) is 4.89. The van der Waals surface area contributed by atoms with Crippen molar-refractivity contribution in [2.45, 2.75) is 39.1 Å². The van der Waals surface area contributed by atoms with Gasteiger partial charge >= 0.3 is 0 Å². The Hall–Kier alpha value is -0.893. The fourth-order valence-electron chi connectivity index (χ4n) is 2.11. The average molecular weight is 322 g/mol. The van der Waals surface area contributed by atoms with E-state index in [-0.39, 0.29) is 0 Å². The molecule has 0 heterocycles. The van der Waals surface area contributed by atoms with E-state index in [1.54, 1.807) is 0 Å². The fourth-order valence-corrected chi connectivity index (χ4v) is 2.55. The molecule has 0 aliphatic carbocycles. The Labute approximate surface area is 125 Å². The molecule has 0 amide bonds. The third kappa shape index (κ3) is 5.10. The maximum Gasteiger partial charge on any atom is 0.272 e. The maximum atomic E-state index is 13.1. The first kappa shape index (κ1) is 18.2. The number of halogens is 3. The number of hydrogen-bond donors (Lipinski definition) is 0. The minimum atomic E-state index is -1.44. The normalized spacial score (nSPS) is 12.0. The lowest BCUT2D eigenvalue weighted by Gasteiger charge is -2.31. The Balaban J connectivity index is 2.65. The number of rotatable bonds is 9. The lowest BCUT2D eigenvalue weighted by Crippen LogP contribution is -2.38. The molecule has 0 spiro atoms. The summed E-state index contributed by atoms with van der Waals surface area (Å²) in [5.41, 5.74) is 0.390. The Bertz CT molecular complexity index is 428. The summed E-state index contributed by atoms with van der Waals surface area (Å²) in [6.45, 7) is 4.53. The van der Waals surface area contributed by atoms with Crippen LogP contribution in [0.3, 0.4) is 0 Å². The van der Waals surface area contributed by atoms with Crippen molar-refractivity contribution in [3.8, 4) is 0 Å². The Morgan fingerprint density at radius 3 is 2.00 bits per heavy atom. The van der Waals surface area contributed by atoms with Crippen LogP contribution in [0.5, 0.6) is 0 Å². The van der Waals surface area contributed by atoms with Crippen LogP contribution in [0, 0.1) is 17.5 Å². The zero-order valence-corrected chi connectivity index (χ0v) is 14.5. The van der Waals surface area contributed by atoms with E-state index in [1.807, 2.05) is 13.8 Å². The summed E-state index contributed by atoms with van der Waals surface area (Å²) in [6.07, 6.45) is 1.34. The van der Waals surface area contributed by atoms with Gasteiger partial charge < -0.3 is 13.9 Å². The Kier molecular flexibility index (Phi) is 7.37. The van der Waals surface area contributed by atoms with Gasteiger partial charge in [0.1, 0.15) is 0 Å². The largest absolute Gasteiger partial charge is 0.380 e. The van der Waals surface area contributed by atoms with Crippen LogP contribution >= 0.6 is 0 Å². The van der Waals surface area contributed by atoms with Crippen molar-refractivity contribution in [1.29, 1.82) is 0 Å². The molecule has 0 saturated carbocycles. The van der Waals surface area contributed by atoms with E-state index in [0.717, 1.165) is 12.1 Å². The molecule has 3 nitrogen and oxygen atoms in total. The molecule has 120 valence electrons. The molecule has 0 aliphatic rings. The molecule has 21 heavy (non-hydrogen) atoms. The van der Waals surface area contributed by atoms with Crippen LogP contribution in [0.25, 0.3) is 0 Å². The highest BCUT2D eigenvalue weighted by molar-refractivity contribution is 5.98. The van der Waals surface area contributed by atoms with Crippen molar-refractivity contribution in [2.24, 2.45) is 0 Å². The van der Waals surface area contributed by atoms with Crippen molar-refractivity contribution in [3.63, 3.8) is 0 Å². The molecule has 0 bridgehead atoms. The molecule has 0 N–H and O–H groups in total. The van der Waals surface area contributed by atoms with Gasteiger partial charge in [-0.3, -0.25) is 0 Å². The molecular weight excluding hydrogens is 301 g/mol. The van der Waals surface area contributed by atoms with Crippen LogP contribution in [0.1, 0.15) is 32.3 Å². The molecule has 0 aliphatic heterocycles. The Morgan fingerprint density at radius 1 is 1.05 bits per heavy atom. The quantitative estimate of drug-likeness (QED) is 0.397. The van der Waals surface area contributed by atoms with E-state index in [1.165, 1.54) is 0 Å². The third-order valence-electron chi connectivity index (χ3n) is 3.03. The van der Waals surface area contributed by atoms with E-state index in [2.05, 4.69) is 0 Å². The van der Waals surface area contributed by atoms with Gasteiger partial charge in [0.2, 0.25) is 0 Å². The van der Waals surface area contributed by atoms with Gasteiger partial charge in [-0.2, -0.15) is 0 Å². The fraction of sp³-hybridized carbons (Fsp3) is 0.571. The SMILES string of the molecule is CCOC(CCCc1cc(F)c(F)c(F)c1)(O[SiH3])OCC. The molecule has 0 aromatic heterocycles. The zero-order chi connectivity index (χ0) is 15.9. The summed E-state index contributed by atoms with van der Waals surface area (Å²) in [7, 11) is 0.438. The first-order valence-corrected chi connectivity index (χ1v) is 7.76. The minimum Gasteiger partial charge on any atom is -0.380 e. The molecule has 1 aromatic carbocycles. The standard InChI is InChI=1S/C14H21F3O3Si/c1-3-18-14(20-21,19-4-2)7-5-6-10-8-11(15)13(17)12(16)9-10/h8-9H,3-7H2,1-2,21H3. The van der Waals surface area contributed by atoms with Gasteiger partial charge in [-0.1, -0.05) is 0 Å². The molecule has 1 rings (SSSR count). The average Bonchev–Trinajstić information content (AvgIpc) is 2.45. The van der Waals surface area contributed by atoms with Crippen LogP contribution in [0.15, 0.2) is 12.1 Å². The predicted octanol–water partition coefficient (Wildman–Crippen LogP) is 2.45. The van der Waals surface area contributed by atoms with Crippen molar-refractivity contribution >= 4 is 10.5 Å². The lowest BCUT2D eigenvalue weighted by atomic mass is 10.1. The van der Waals surface area contributed by atoms with Gasteiger partial charge in [0, 0.05) is 19.6 Å². The van der Waals surface area contributed by atoms with Crippen molar-refractivity contribution in [2.75, 3.05) is 13.2 Å². The van der Waals surface area contributed by atoms with Gasteiger partial charge in [0.05, 0.1) is 0 Å². The minimum absolute atomic E-state index is 0.376. The smallest absolute Gasteiger partial charge is 0.272 e. The molecule has 0 saturated heterocycles. The van der Waals surface area contributed by atoms with Gasteiger partial charge in [-0.15, -0.1) is 0 Å². The lowest BCUT2D eigenvalue weighted by molar-refractivity contribution is -0.343. The Morgan fingerprint density at radius 2 is 1.57 bits per heavy atom. The van der Waals surface area contributed by atoms with Crippen molar-refractivity contribution in [3.05, 3.63) is 35.1 Å². The van der Waals surface area contributed by atoms with Crippen molar-refractivity contribution < 1.29 is 27.1 Å². The summed E-state index contributed by atoms with van der Waals surface area (Å²) in [6, 6.07) is 2.01. The number of aryl methyl sites for hydroxylation is 1. The van der Waals surface area contributed by atoms with Crippen LogP contribution in [0.4, 0.5) is 13.2 Å². The van der Waals surface area contributed by atoms with Crippen LogP contribution < -0.4 is 0 Å². The van der Waals surface area contributed by atoms with Gasteiger partial charge in [0.15, 0.2) is 27.9 Å². The maximum absolute atomic E-state index is 13.1. The van der Waals surface area contributed by atoms with Crippen LogP contribution in [-0.4, -0.2) is 29.7 Å². The highest BCUT2D eigenvalue weighted by atomic mass is 28.2. The summed E-state index contributed by atoms with van der Waals surface area (Å²) in [5, 5.41) is 0. The van der Waals surface area contributed by atoms with Gasteiger partial charge in [0.25, 0.3) is 5.97 Å². The van der Waals surface area contributed by atoms with E-state index < -0.39 is 23.4 Å². The first-order valence-electron chi connectivity index (χ1n) is 6.94. The molecule has 0 unspecified atom stereocenters. The van der Waals surface area contributed by atoms with E-state index in [9.17, 15) is 13.2 Å². The first-order chi connectivity index (χ1) is 9.98. The molecule has 0 fully saturated rings. The highest BCUT2D eigenvalue weighted by Gasteiger charge is 2.30. The molecule has 1 aromatic rings. The highest BCUT2D eigenvalue weighted by Crippen LogP contribution is 2.23. The monoisotopic (exact) mass is 322 g/mol. The summed E-state index contributed by atoms with van der Waals surface area (Å²) < 4.78 is 55.5. The molecular formula is C14H21F3O3Si. The molecule has 0 atom stereocenters. The van der Waals surface area contributed by atoms with Crippen LogP contribution in [-0.2, 0) is 20.3 Å². The van der Waals surface area contributed by atoms with Crippen molar-refractivity contribution in [1.82, 2.24) is 0 Å². The van der Waals surface area contributed by atoms with E-state index >= 15 is 0 Å². The number of benzene rings is 1. The summed E-state index contributed by atoms with van der Waals surface area (Å²) >= 11 is 0. The predicted molar refractivity (Wildman–Crippen MR) is 76.3 cm³/mol. The topological polar surface area (TPSA) is 27.7 Å². The third-order valence-corrected chi connectivity index (χ3v) is 3.65. The second-order valence-electron chi connectivity index (χ2n) is 4.48. The van der Waals surface area contributed by atoms with Crippen LogP contribution in [0.2, 0.25) is 0 Å². The summed E-state index contributed by atoms with van der Waals surface area (Å²) in [4.78, 5) is 0. The van der Waals surface area contributed by atoms with E-state index in [4.69, 9.17) is 13.9 Å². The van der Waals surface area contributed by atoms with Gasteiger partial charge in [-0.05, 0) is 44.4 Å². The molecule has 7 heteroatoms. The number of hydrogen-bond acceptors (Lipinski definition) is 3. The number of ether oxygens (including phenoxy) is 2. The summed E-state index contributed by atoms with van der Waals surface area (Å²) in [5.74, 6) is -4.89. The second kappa shape index (κ2) is 8.53. The zero-order valence-electron chi connectivity index (χ0n) is 12.5. The van der Waals surface area contributed by atoms with E-state index in [0.29, 0.717) is 48.5 Å². The molecule has 0 radical (unpaired) electrons. The van der Waals surface area contributed by atoms with Gasteiger partial charge in [-0.25, -0.2) is 13.2 Å².